The van der Waals surface area contributed by atoms with Crippen molar-refractivity contribution in [1.82, 2.24) is 4.98 Å². The second-order valence-corrected chi connectivity index (χ2v) is 6.73. The summed E-state index contributed by atoms with van der Waals surface area (Å²) in [5.41, 5.74) is 8.81. The molecular formula is C23H22N2O4. The molecule has 0 fully saturated rings. The van der Waals surface area contributed by atoms with Crippen molar-refractivity contribution in [3.8, 4) is 17.2 Å². The number of hydrogen-bond donors (Lipinski definition) is 1. The maximum absolute atomic E-state index is 11.4. The fraction of sp³-hybridized carbons (Fsp3) is 0.217. The lowest BCUT2D eigenvalue weighted by atomic mass is 10.1. The molecule has 4 aromatic rings. The molecule has 0 spiro atoms. The van der Waals surface area contributed by atoms with Gasteiger partial charge in [-0.25, -0.2) is 4.98 Å². The smallest absolute Gasteiger partial charge is 0.305 e. The molecule has 0 atom stereocenters. The number of benzene rings is 3. The van der Waals surface area contributed by atoms with Crippen molar-refractivity contribution in [2.75, 3.05) is 18.9 Å². The summed E-state index contributed by atoms with van der Waals surface area (Å²) >= 11 is 0. The molecule has 0 saturated carbocycles. The summed E-state index contributed by atoms with van der Waals surface area (Å²) in [6, 6.07) is 17.4. The standard InChI is InChI=1S/C23H22N2O4/c1-2-27-22(26)4-3-11-28-19-9-7-15-12-17(6-5-16(15)13-19)23-25-20-10-8-18(24)14-21(20)29-23/h5-10,12-14H,2-4,11,24H2,1H3. The zero-order valence-corrected chi connectivity index (χ0v) is 16.2. The van der Waals surface area contributed by atoms with Crippen LogP contribution in [0, 0.1) is 0 Å². The normalized spacial score (nSPS) is 11.1. The number of nitrogens with zero attached hydrogens (tertiary/aromatic N) is 1. The Balaban J connectivity index is 1.47. The molecule has 4 rings (SSSR count). The third-order valence-corrected chi connectivity index (χ3v) is 4.57. The van der Waals surface area contributed by atoms with E-state index in [0.29, 0.717) is 43.2 Å². The van der Waals surface area contributed by atoms with E-state index in [1.54, 1.807) is 13.0 Å². The number of nitrogen functional groups attached to an aromatic ring is 1. The second-order valence-electron chi connectivity index (χ2n) is 6.73. The minimum absolute atomic E-state index is 0.191. The van der Waals surface area contributed by atoms with Gasteiger partial charge in [-0.05, 0) is 60.5 Å². The summed E-state index contributed by atoms with van der Waals surface area (Å²) in [6.07, 6.45) is 0.985. The van der Waals surface area contributed by atoms with E-state index in [4.69, 9.17) is 19.6 Å². The predicted molar refractivity (Wildman–Crippen MR) is 113 cm³/mol. The highest BCUT2D eigenvalue weighted by Gasteiger charge is 2.10. The fourth-order valence-corrected chi connectivity index (χ4v) is 3.15. The van der Waals surface area contributed by atoms with Gasteiger partial charge in [0, 0.05) is 23.7 Å². The summed E-state index contributed by atoms with van der Waals surface area (Å²) in [5.74, 6) is 1.14. The van der Waals surface area contributed by atoms with Gasteiger partial charge in [0.25, 0.3) is 0 Å². The average Bonchev–Trinajstić information content (AvgIpc) is 3.14. The number of fused-ring (bicyclic) bond motifs is 2. The average molecular weight is 390 g/mol. The zero-order chi connectivity index (χ0) is 20.2. The quantitative estimate of drug-likeness (QED) is 0.273. The first-order valence-electron chi connectivity index (χ1n) is 9.61. The highest BCUT2D eigenvalue weighted by Crippen LogP contribution is 2.29. The van der Waals surface area contributed by atoms with E-state index < -0.39 is 0 Å². The number of oxazole rings is 1. The number of ether oxygens (including phenoxy) is 2. The summed E-state index contributed by atoms with van der Waals surface area (Å²) in [4.78, 5) is 15.9. The first-order chi connectivity index (χ1) is 14.1. The highest BCUT2D eigenvalue weighted by molar-refractivity contribution is 5.88. The van der Waals surface area contributed by atoms with Crippen molar-refractivity contribution in [3.63, 3.8) is 0 Å². The Morgan fingerprint density at radius 1 is 1.07 bits per heavy atom. The lowest BCUT2D eigenvalue weighted by molar-refractivity contribution is -0.143. The van der Waals surface area contributed by atoms with E-state index >= 15 is 0 Å². The molecule has 1 aromatic heterocycles. The number of aromatic nitrogens is 1. The number of nitrogens with two attached hydrogens (primary N) is 1. The Hall–Kier alpha value is -3.54. The van der Waals surface area contributed by atoms with E-state index in [2.05, 4.69) is 4.98 Å². The fourth-order valence-electron chi connectivity index (χ4n) is 3.15. The molecule has 1 heterocycles. The van der Waals surface area contributed by atoms with Gasteiger partial charge in [-0.1, -0.05) is 12.1 Å². The molecule has 3 aromatic carbocycles. The van der Waals surface area contributed by atoms with Crippen LogP contribution in [0.2, 0.25) is 0 Å². The Kier molecular flexibility index (Phi) is 5.33. The van der Waals surface area contributed by atoms with Crippen LogP contribution >= 0.6 is 0 Å². The van der Waals surface area contributed by atoms with Crippen LogP contribution in [-0.2, 0) is 9.53 Å². The van der Waals surface area contributed by atoms with Crippen LogP contribution < -0.4 is 10.5 Å². The third-order valence-electron chi connectivity index (χ3n) is 4.57. The van der Waals surface area contributed by atoms with Gasteiger partial charge in [0.2, 0.25) is 5.89 Å². The lowest BCUT2D eigenvalue weighted by Gasteiger charge is -2.08. The summed E-state index contributed by atoms with van der Waals surface area (Å²) < 4.78 is 16.5. The first kappa shape index (κ1) is 18.8. The molecule has 0 amide bonds. The molecule has 0 aliphatic rings. The van der Waals surface area contributed by atoms with Crippen LogP contribution in [0.4, 0.5) is 5.69 Å². The molecule has 29 heavy (non-hydrogen) atoms. The van der Waals surface area contributed by atoms with Gasteiger partial charge in [0.05, 0.1) is 13.2 Å². The molecule has 0 aliphatic carbocycles. The lowest BCUT2D eigenvalue weighted by Crippen LogP contribution is -2.06. The van der Waals surface area contributed by atoms with Gasteiger partial charge in [0.1, 0.15) is 11.3 Å². The second kappa shape index (κ2) is 8.22. The van der Waals surface area contributed by atoms with Crippen LogP contribution in [0.5, 0.6) is 5.75 Å². The van der Waals surface area contributed by atoms with Gasteiger partial charge >= 0.3 is 5.97 Å². The molecule has 0 bridgehead atoms. The van der Waals surface area contributed by atoms with Gasteiger partial charge < -0.3 is 19.6 Å². The van der Waals surface area contributed by atoms with Crippen molar-refractivity contribution < 1.29 is 18.7 Å². The van der Waals surface area contributed by atoms with E-state index in [1.165, 1.54) is 0 Å². The number of esters is 1. The van der Waals surface area contributed by atoms with Crippen molar-refractivity contribution in [2.24, 2.45) is 0 Å². The van der Waals surface area contributed by atoms with Crippen molar-refractivity contribution in [3.05, 3.63) is 54.6 Å². The van der Waals surface area contributed by atoms with Crippen LogP contribution in [0.15, 0.2) is 59.0 Å². The molecule has 0 unspecified atom stereocenters. The Labute approximate surface area is 168 Å². The van der Waals surface area contributed by atoms with E-state index in [1.807, 2.05) is 48.5 Å². The van der Waals surface area contributed by atoms with Crippen LogP contribution in [0.3, 0.4) is 0 Å². The molecule has 6 heteroatoms. The zero-order valence-electron chi connectivity index (χ0n) is 16.2. The third kappa shape index (κ3) is 4.32. The maximum atomic E-state index is 11.4. The minimum atomic E-state index is -0.191. The summed E-state index contributed by atoms with van der Waals surface area (Å²) in [5, 5.41) is 2.11. The number of carbonyl (C=O) groups excluding carboxylic acids is 1. The monoisotopic (exact) mass is 390 g/mol. The first-order valence-corrected chi connectivity index (χ1v) is 9.61. The van der Waals surface area contributed by atoms with Gasteiger partial charge in [0.15, 0.2) is 5.58 Å². The SMILES string of the molecule is CCOC(=O)CCCOc1ccc2cc(-c3nc4ccc(N)cc4o3)ccc2c1. The van der Waals surface area contributed by atoms with Gasteiger partial charge in [-0.15, -0.1) is 0 Å². The summed E-state index contributed by atoms with van der Waals surface area (Å²) in [6.45, 7) is 2.67. The van der Waals surface area contributed by atoms with E-state index in [9.17, 15) is 4.79 Å². The van der Waals surface area contributed by atoms with Crippen LogP contribution in [0.1, 0.15) is 19.8 Å². The molecule has 0 radical (unpaired) electrons. The molecule has 0 aliphatic heterocycles. The molecule has 6 nitrogen and oxygen atoms in total. The molecule has 148 valence electrons. The molecular weight excluding hydrogens is 368 g/mol. The molecule has 2 N–H and O–H groups in total. The van der Waals surface area contributed by atoms with E-state index in [0.717, 1.165) is 27.6 Å². The topological polar surface area (TPSA) is 87.6 Å². The van der Waals surface area contributed by atoms with Crippen LogP contribution in [0.25, 0.3) is 33.3 Å². The van der Waals surface area contributed by atoms with Crippen molar-refractivity contribution in [1.29, 1.82) is 0 Å². The van der Waals surface area contributed by atoms with Gasteiger partial charge in [-0.3, -0.25) is 4.79 Å². The Morgan fingerprint density at radius 2 is 1.90 bits per heavy atom. The number of rotatable bonds is 7. The summed E-state index contributed by atoms with van der Waals surface area (Å²) in [7, 11) is 0. The maximum Gasteiger partial charge on any atom is 0.305 e. The van der Waals surface area contributed by atoms with Crippen molar-refractivity contribution >= 4 is 33.5 Å². The van der Waals surface area contributed by atoms with Gasteiger partial charge in [-0.2, -0.15) is 0 Å². The Morgan fingerprint density at radius 3 is 2.76 bits per heavy atom. The number of hydrogen-bond acceptors (Lipinski definition) is 6. The number of carbonyl (C=O) groups is 1. The highest BCUT2D eigenvalue weighted by atomic mass is 16.5. The number of anilines is 1. The van der Waals surface area contributed by atoms with Crippen molar-refractivity contribution in [2.45, 2.75) is 19.8 Å². The molecule has 0 saturated heterocycles. The Bertz CT molecular complexity index is 1170. The largest absolute Gasteiger partial charge is 0.494 e. The van der Waals surface area contributed by atoms with E-state index in [-0.39, 0.29) is 5.97 Å². The minimum Gasteiger partial charge on any atom is -0.494 e. The predicted octanol–water partition coefficient (Wildman–Crippen LogP) is 4.95. The van der Waals surface area contributed by atoms with Crippen LogP contribution in [-0.4, -0.2) is 24.2 Å².